The molecule has 0 fully saturated rings. The number of nitrogens with one attached hydrogen (secondary N) is 1. The summed E-state index contributed by atoms with van der Waals surface area (Å²) in [4.78, 5) is 0. The molecule has 1 rings (SSSR count). The molecule has 0 heterocycles. The molecule has 0 atom stereocenters. The predicted molar refractivity (Wildman–Crippen MR) is 71.5 cm³/mol. The van der Waals surface area contributed by atoms with Gasteiger partial charge in [0.05, 0.1) is 6.61 Å². The molecule has 0 aromatic heterocycles. The highest BCUT2D eigenvalue weighted by Gasteiger charge is 2.30. The normalized spacial score (nSPS) is 12.0. The smallest absolute Gasteiger partial charge is 0.406 e. The van der Waals surface area contributed by atoms with E-state index in [1.807, 2.05) is 6.08 Å². The maximum absolute atomic E-state index is 12.1. The number of benzene rings is 1. The van der Waals surface area contributed by atoms with E-state index in [-0.39, 0.29) is 5.75 Å². The van der Waals surface area contributed by atoms with E-state index in [0.29, 0.717) is 12.2 Å². The van der Waals surface area contributed by atoms with Crippen LogP contribution >= 0.6 is 0 Å². The summed E-state index contributed by atoms with van der Waals surface area (Å²) in [6.45, 7) is 2.22. The molecule has 1 aromatic carbocycles. The summed E-state index contributed by atoms with van der Waals surface area (Å²) in [5.74, 6) is -0.210. The van der Waals surface area contributed by atoms with Crippen LogP contribution < -0.4 is 10.1 Å². The quantitative estimate of drug-likeness (QED) is 0.745. The van der Waals surface area contributed by atoms with Crippen molar-refractivity contribution in [2.45, 2.75) is 12.8 Å². The van der Waals surface area contributed by atoms with Crippen molar-refractivity contribution in [1.82, 2.24) is 5.32 Å². The number of rotatable bonds is 8. The minimum absolute atomic E-state index is 0.210. The molecule has 1 aromatic rings. The van der Waals surface area contributed by atoms with Gasteiger partial charge in [-0.2, -0.15) is 0 Å². The Morgan fingerprint density at radius 3 is 2.75 bits per heavy atom. The highest BCUT2D eigenvalue weighted by molar-refractivity contribution is 5.51. The molecular formula is C14H18F3NO2. The van der Waals surface area contributed by atoms with Crippen molar-refractivity contribution in [3.63, 3.8) is 0 Å². The third-order valence-electron chi connectivity index (χ3n) is 2.37. The third-order valence-corrected chi connectivity index (χ3v) is 2.37. The van der Waals surface area contributed by atoms with Gasteiger partial charge < -0.3 is 14.8 Å². The second kappa shape index (κ2) is 8.60. The van der Waals surface area contributed by atoms with Crippen LogP contribution in [0.2, 0.25) is 0 Å². The van der Waals surface area contributed by atoms with Crippen molar-refractivity contribution in [3.05, 3.63) is 35.9 Å². The van der Waals surface area contributed by atoms with E-state index in [0.717, 1.165) is 19.5 Å². The molecule has 0 saturated carbocycles. The van der Waals surface area contributed by atoms with Crippen molar-refractivity contribution >= 4 is 6.08 Å². The van der Waals surface area contributed by atoms with E-state index >= 15 is 0 Å². The molecule has 20 heavy (non-hydrogen) atoms. The fraction of sp³-hybridized carbons (Fsp3) is 0.429. The summed E-state index contributed by atoms with van der Waals surface area (Å²) in [5, 5.41) is 3.17. The summed E-state index contributed by atoms with van der Waals surface area (Å²) < 4.78 is 44.9. The Bertz CT molecular complexity index is 419. The van der Waals surface area contributed by atoms with Gasteiger partial charge in [-0.3, -0.25) is 0 Å². The van der Waals surface area contributed by atoms with Crippen LogP contribution in [-0.4, -0.2) is 33.2 Å². The summed E-state index contributed by atoms with van der Waals surface area (Å²) in [6, 6.07) is 5.87. The predicted octanol–water partition coefficient (Wildman–Crippen LogP) is 3.22. The van der Waals surface area contributed by atoms with Crippen LogP contribution in [0.3, 0.4) is 0 Å². The van der Waals surface area contributed by atoms with Gasteiger partial charge >= 0.3 is 6.36 Å². The van der Waals surface area contributed by atoms with E-state index < -0.39 is 6.36 Å². The van der Waals surface area contributed by atoms with Gasteiger partial charge in [-0.1, -0.05) is 24.3 Å². The number of halogens is 3. The summed E-state index contributed by atoms with van der Waals surface area (Å²) in [7, 11) is 1.64. The molecule has 0 aliphatic rings. The molecule has 0 bridgehead atoms. The van der Waals surface area contributed by atoms with Crippen LogP contribution in [0.15, 0.2) is 30.3 Å². The second-order valence-electron chi connectivity index (χ2n) is 4.05. The maximum Gasteiger partial charge on any atom is 0.573 e. The average Bonchev–Trinajstić information content (AvgIpc) is 2.36. The largest absolute Gasteiger partial charge is 0.573 e. The Hall–Kier alpha value is -1.53. The summed E-state index contributed by atoms with van der Waals surface area (Å²) >= 11 is 0. The first-order chi connectivity index (χ1) is 9.51. The van der Waals surface area contributed by atoms with Gasteiger partial charge in [-0.15, -0.1) is 13.2 Å². The van der Waals surface area contributed by atoms with Crippen LogP contribution in [0.25, 0.3) is 6.08 Å². The zero-order valence-electron chi connectivity index (χ0n) is 11.2. The van der Waals surface area contributed by atoms with Crippen LogP contribution in [0.4, 0.5) is 13.2 Å². The molecule has 0 spiro atoms. The SMILES string of the molecule is COCCNCCC=Cc1cccc(OC(F)(F)F)c1. The van der Waals surface area contributed by atoms with Crippen molar-refractivity contribution in [1.29, 1.82) is 0 Å². The van der Waals surface area contributed by atoms with Crippen molar-refractivity contribution in [2.75, 3.05) is 26.8 Å². The second-order valence-corrected chi connectivity index (χ2v) is 4.05. The molecule has 0 radical (unpaired) electrons. The van der Waals surface area contributed by atoms with E-state index in [4.69, 9.17) is 4.74 Å². The molecule has 0 amide bonds. The number of alkyl halides is 3. The number of methoxy groups -OCH3 is 1. The van der Waals surface area contributed by atoms with Crippen LogP contribution in [0.5, 0.6) is 5.75 Å². The standard InChI is InChI=1S/C14H18F3NO2/c1-19-10-9-18-8-3-2-5-12-6-4-7-13(11-12)20-14(15,16)17/h2,4-7,11,18H,3,8-10H2,1H3. The van der Waals surface area contributed by atoms with Gasteiger partial charge in [0, 0.05) is 13.7 Å². The minimum atomic E-state index is -4.66. The van der Waals surface area contributed by atoms with Gasteiger partial charge in [0.2, 0.25) is 0 Å². The monoisotopic (exact) mass is 289 g/mol. The first kappa shape index (κ1) is 16.5. The first-order valence-electron chi connectivity index (χ1n) is 6.23. The van der Waals surface area contributed by atoms with Crippen LogP contribution in [-0.2, 0) is 4.74 Å². The Morgan fingerprint density at radius 1 is 1.25 bits per heavy atom. The molecule has 0 saturated heterocycles. The Labute approximate surface area is 116 Å². The molecule has 3 nitrogen and oxygen atoms in total. The highest BCUT2D eigenvalue weighted by atomic mass is 19.4. The Morgan fingerprint density at radius 2 is 2.05 bits per heavy atom. The zero-order chi connectivity index (χ0) is 14.8. The molecular weight excluding hydrogens is 271 g/mol. The number of hydrogen-bond acceptors (Lipinski definition) is 3. The van der Waals surface area contributed by atoms with Gasteiger partial charge in [0.25, 0.3) is 0 Å². The fourth-order valence-electron chi connectivity index (χ4n) is 1.52. The van der Waals surface area contributed by atoms with Crippen molar-refractivity contribution in [2.24, 2.45) is 0 Å². The van der Waals surface area contributed by atoms with Crippen LogP contribution in [0.1, 0.15) is 12.0 Å². The third kappa shape index (κ3) is 7.81. The molecule has 0 aliphatic heterocycles. The van der Waals surface area contributed by atoms with Gasteiger partial charge in [0.15, 0.2) is 0 Å². The lowest BCUT2D eigenvalue weighted by Crippen LogP contribution is -2.19. The zero-order valence-corrected chi connectivity index (χ0v) is 11.2. The van der Waals surface area contributed by atoms with Crippen LogP contribution in [0, 0.1) is 0 Å². The minimum Gasteiger partial charge on any atom is -0.406 e. The van der Waals surface area contributed by atoms with E-state index in [9.17, 15) is 13.2 Å². The van der Waals surface area contributed by atoms with Crippen molar-refractivity contribution in [3.8, 4) is 5.75 Å². The topological polar surface area (TPSA) is 30.5 Å². The average molecular weight is 289 g/mol. The first-order valence-corrected chi connectivity index (χ1v) is 6.23. The maximum atomic E-state index is 12.1. The van der Waals surface area contributed by atoms with Gasteiger partial charge in [0.1, 0.15) is 5.75 Å². The van der Waals surface area contributed by atoms with Crippen molar-refractivity contribution < 1.29 is 22.6 Å². The molecule has 1 N–H and O–H groups in total. The fourth-order valence-corrected chi connectivity index (χ4v) is 1.52. The summed E-state index contributed by atoms with van der Waals surface area (Å²) in [6.07, 6.45) is -0.213. The lowest BCUT2D eigenvalue weighted by molar-refractivity contribution is -0.274. The van der Waals surface area contributed by atoms with E-state index in [1.54, 1.807) is 19.3 Å². The van der Waals surface area contributed by atoms with E-state index in [2.05, 4.69) is 10.1 Å². The Balaban J connectivity index is 2.38. The highest BCUT2D eigenvalue weighted by Crippen LogP contribution is 2.23. The Kier molecular flexibility index (Phi) is 7.11. The van der Waals surface area contributed by atoms with Gasteiger partial charge in [-0.05, 0) is 30.7 Å². The van der Waals surface area contributed by atoms with Gasteiger partial charge in [-0.25, -0.2) is 0 Å². The molecule has 0 aliphatic carbocycles. The lowest BCUT2D eigenvalue weighted by atomic mass is 10.2. The lowest BCUT2D eigenvalue weighted by Gasteiger charge is -2.08. The molecule has 112 valence electrons. The van der Waals surface area contributed by atoms with E-state index in [1.165, 1.54) is 18.2 Å². The number of hydrogen-bond donors (Lipinski definition) is 1. The molecule has 6 heteroatoms. The number of ether oxygens (including phenoxy) is 2. The summed E-state index contributed by atoms with van der Waals surface area (Å²) in [5.41, 5.74) is 0.670. The molecule has 0 unspecified atom stereocenters.